The van der Waals surface area contributed by atoms with E-state index >= 15 is 0 Å². The van der Waals surface area contributed by atoms with Crippen LogP contribution in [0.15, 0.2) is 64.3 Å². The molecule has 0 saturated heterocycles. The summed E-state index contributed by atoms with van der Waals surface area (Å²) in [6.07, 6.45) is 2.73. The number of esters is 1. The van der Waals surface area contributed by atoms with Gasteiger partial charge < -0.3 is 4.74 Å². The number of imidazole rings is 2. The van der Waals surface area contributed by atoms with Gasteiger partial charge in [-0.2, -0.15) is 4.98 Å². The molecule has 9 nitrogen and oxygen atoms in total. The number of benzene rings is 2. The van der Waals surface area contributed by atoms with Crippen molar-refractivity contribution in [2.24, 2.45) is 14.1 Å². The Hall–Kier alpha value is -4.40. The molecule has 3 heterocycles. The fourth-order valence-electron chi connectivity index (χ4n) is 4.37. The van der Waals surface area contributed by atoms with E-state index in [9.17, 15) is 14.4 Å². The average Bonchev–Trinajstić information content (AvgIpc) is 3.43. The summed E-state index contributed by atoms with van der Waals surface area (Å²) in [4.78, 5) is 43.2. The number of carbonyl (C=O) groups is 1. The normalized spacial score (nSPS) is 11.4. The maximum absolute atomic E-state index is 13.1. The molecule has 178 valence electrons. The van der Waals surface area contributed by atoms with Crippen LogP contribution in [0, 0.1) is 0 Å². The van der Waals surface area contributed by atoms with Gasteiger partial charge in [-0.15, -0.1) is 0 Å². The Labute approximate surface area is 200 Å². The summed E-state index contributed by atoms with van der Waals surface area (Å²) in [5.41, 5.74) is 3.40. The number of carbonyl (C=O) groups excluding carboxylic acids is 1. The summed E-state index contributed by atoms with van der Waals surface area (Å²) in [5.74, 6) is -0.0497. The van der Waals surface area contributed by atoms with Crippen LogP contribution in [0.4, 0.5) is 0 Å². The number of ether oxygens (including phenoxy) is 1. The highest BCUT2D eigenvalue weighted by atomic mass is 16.5. The molecule has 2 aromatic carbocycles. The van der Waals surface area contributed by atoms with Crippen LogP contribution in [0.2, 0.25) is 0 Å². The van der Waals surface area contributed by atoms with Gasteiger partial charge in [-0.3, -0.25) is 22.9 Å². The smallest absolute Gasteiger partial charge is 0.340 e. The van der Waals surface area contributed by atoms with Gasteiger partial charge in [-0.1, -0.05) is 43.3 Å². The quantitative estimate of drug-likeness (QED) is 0.367. The molecule has 0 atom stereocenters. The van der Waals surface area contributed by atoms with Crippen molar-refractivity contribution in [2.45, 2.75) is 20.3 Å². The third kappa shape index (κ3) is 3.39. The zero-order valence-corrected chi connectivity index (χ0v) is 20.0. The second-order valence-electron chi connectivity index (χ2n) is 8.30. The first-order chi connectivity index (χ1) is 16.9. The predicted molar refractivity (Wildman–Crippen MR) is 133 cm³/mol. The summed E-state index contributed by atoms with van der Waals surface area (Å²) < 4.78 is 11.2. The van der Waals surface area contributed by atoms with Gasteiger partial charge in [0, 0.05) is 25.9 Å². The molecule has 9 heteroatoms. The Balaban J connectivity index is 1.92. The molecule has 3 aromatic heterocycles. The van der Waals surface area contributed by atoms with Crippen LogP contribution < -0.4 is 11.2 Å². The highest BCUT2D eigenvalue weighted by Crippen LogP contribution is 2.31. The predicted octanol–water partition coefficient (Wildman–Crippen LogP) is 3.08. The van der Waals surface area contributed by atoms with Crippen molar-refractivity contribution in [3.05, 3.63) is 86.7 Å². The average molecular weight is 472 g/mol. The molecular formula is C26H25N5O4. The molecule has 5 rings (SSSR count). The summed E-state index contributed by atoms with van der Waals surface area (Å²) in [6.45, 7) is 4.09. The van der Waals surface area contributed by atoms with Crippen LogP contribution in [0.25, 0.3) is 33.9 Å². The van der Waals surface area contributed by atoms with Gasteiger partial charge in [0.15, 0.2) is 11.2 Å². The third-order valence-corrected chi connectivity index (χ3v) is 6.26. The van der Waals surface area contributed by atoms with E-state index in [-0.39, 0.29) is 17.8 Å². The minimum absolute atomic E-state index is 0.241. The van der Waals surface area contributed by atoms with Crippen molar-refractivity contribution < 1.29 is 9.53 Å². The molecular weight excluding hydrogens is 446 g/mol. The first kappa shape index (κ1) is 22.4. The van der Waals surface area contributed by atoms with E-state index in [0.29, 0.717) is 17.0 Å². The minimum Gasteiger partial charge on any atom is -0.462 e. The van der Waals surface area contributed by atoms with Crippen LogP contribution in [0.3, 0.4) is 0 Å². The number of hydrogen-bond acceptors (Lipinski definition) is 5. The zero-order valence-electron chi connectivity index (χ0n) is 20.0. The Kier molecular flexibility index (Phi) is 5.39. The van der Waals surface area contributed by atoms with Gasteiger partial charge in [-0.05, 0) is 31.0 Å². The number of aromatic nitrogens is 5. The zero-order chi connectivity index (χ0) is 24.9. The van der Waals surface area contributed by atoms with Gasteiger partial charge >= 0.3 is 11.7 Å². The van der Waals surface area contributed by atoms with Gasteiger partial charge in [0.2, 0.25) is 5.78 Å². The van der Waals surface area contributed by atoms with Crippen molar-refractivity contribution in [2.75, 3.05) is 6.61 Å². The number of nitrogens with zero attached hydrogens (tertiary/aromatic N) is 5. The fourth-order valence-corrected chi connectivity index (χ4v) is 4.37. The van der Waals surface area contributed by atoms with E-state index in [1.807, 2.05) is 47.2 Å². The summed E-state index contributed by atoms with van der Waals surface area (Å²) in [7, 11) is 3.03. The van der Waals surface area contributed by atoms with Gasteiger partial charge in [0.1, 0.15) is 0 Å². The molecule has 0 amide bonds. The highest BCUT2D eigenvalue weighted by molar-refractivity contribution is 5.94. The summed E-state index contributed by atoms with van der Waals surface area (Å²) in [6, 6.07) is 15.2. The van der Waals surface area contributed by atoms with Crippen LogP contribution in [0.1, 0.15) is 29.8 Å². The SMILES string of the molecule is CCOC(=O)c1ccccc1-n1c(-c2ccc(CC)cc2)cn2c3c(=O)n(C)c(=O)n(C)c3nc12. The summed E-state index contributed by atoms with van der Waals surface area (Å²) in [5, 5.41) is 0. The van der Waals surface area contributed by atoms with Crippen molar-refractivity contribution in [3.8, 4) is 16.9 Å². The van der Waals surface area contributed by atoms with E-state index in [4.69, 9.17) is 9.72 Å². The van der Waals surface area contributed by atoms with Gasteiger partial charge in [-0.25, -0.2) is 9.59 Å². The molecule has 5 aromatic rings. The first-order valence-electron chi connectivity index (χ1n) is 11.4. The molecule has 0 unspecified atom stereocenters. The highest BCUT2D eigenvalue weighted by Gasteiger charge is 2.24. The number of rotatable bonds is 5. The Morgan fingerprint density at radius 2 is 1.69 bits per heavy atom. The monoisotopic (exact) mass is 471 g/mol. The van der Waals surface area contributed by atoms with Crippen molar-refractivity contribution >= 4 is 22.9 Å². The van der Waals surface area contributed by atoms with Gasteiger partial charge in [0.25, 0.3) is 5.56 Å². The molecule has 0 N–H and O–H groups in total. The molecule has 0 aliphatic carbocycles. The fraction of sp³-hybridized carbons (Fsp3) is 0.231. The first-order valence-corrected chi connectivity index (χ1v) is 11.4. The lowest BCUT2D eigenvalue weighted by Gasteiger charge is -2.13. The van der Waals surface area contributed by atoms with E-state index < -0.39 is 17.2 Å². The molecule has 0 radical (unpaired) electrons. The van der Waals surface area contributed by atoms with E-state index in [2.05, 4.69) is 6.92 Å². The van der Waals surface area contributed by atoms with Gasteiger partial charge in [0.05, 0.1) is 23.6 Å². The molecule has 0 aliphatic rings. The molecule has 0 aliphatic heterocycles. The van der Waals surface area contributed by atoms with Crippen LogP contribution in [-0.4, -0.2) is 35.7 Å². The number of fused-ring (bicyclic) bond motifs is 3. The number of para-hydroxylation sites is 1. The van der Waals surface area contributed by atoms with Crippen molar-refractivity contribution in [1.29, 1.82) is 0 Å². The third-order valence-electron chi connectivity index (χ3n) is 6.26. The Morgan fingerprint density at radius 3 is 2.37 bits per heavy atom. The Bertz CT molecular complexity index is 1720. The molecule has 0 spiro atoms. The standard InChI is InChI=1S/C26H25N5O4/c1-5-16-11-13-17(14-12-16)20-15-30-21-22(28(3)26(34)29(4)23(21)32)27-25(30)31(20)19-10-8-7-9-18(19)24(33)35-6-2/h7-15H,5-6H2,1-4H3. The maximum Gasteiger partial charge on any atom is 0.340 e. The molecule has 0 fully saturated rings. The second kappa shape index (κ2) is 8.43. The Morgan fingerprint density at radius 1 is 0.971 bits per heavy atom. The lowest BCUT2D eigenvalue weighted by Crippen LogP contribution is -2.37. The summed E-state index contributed by atoms with van der Waals surface area (Å²) >= 11 is 0. The van der Waals surface area contributed by atoms with Crippen LogP contribution in [0.5, 0.6) is 0 Å². The number of aryl methyl sites for hydroxylation is 2. The molecule has 0 bridgehead atoms. The van der Waals surface area contributed by atoms with E-state index in [1.165, 1.54) is 17.2 Å². The lowest BCUT2D eigenvalue weighted by molar-refractivity contribution is 0.0526. The van der Waals surface area contributed by atoms with Crippen LogP contribution in [-0.2, 0) is 25.3 Å². The topological polar surface area (TPSA) is 92.5 Å². The van der Waals surface area contributed by atoms with Crippen LogP contribution >= 0.6 is 0 Å². The number of hydrogen-bond donors (Lipinski definition) is 0. The molecule has 35 heavy (non-hydrogen) atoms. The van der Waals surface area contributed by atoms with Crippen molar-refractivity contribution in [3.63, 3.8) is 0 Å². The van der Waals surface area contributed by atoms with Crippen molar-refractivity contribution in [1.82, 2.24) is 23.1 Å². The van der Waals surface area contributed by atoms with E-state index in [0.717, 1.165) is 22.2 Å². The minimum atomic E-state index is -0.461. The molecule has 0 saturated carbocycles. The lowest BCUT2D eigenvalue weighted by atomic mass is 10.1. The largest absolute Gasteiger partial charge is 0.462 e. The maximum atomic E-state index is 13.1. The van der Waals surface area contributed by atoms with E-state index in [1.54, 1.807) is 30.5 Å². The second-order valence-corrected chi connectivity index (χ2v) is 8.30.